The summed E-state index contributed by atoms with van der Waals surface area (Å²) in [6, 6.07) is 0.932. The minimum absolute atomic E-state index is 0.0155. The quantitative estimate of drug-likeness (QED) is 0.500. The van der Waals surface area contributed by atoms with Crippen LogP contribution in [0, 0.1) is 0 Å². The maximum absolute atomic E-state index is 13.0. The van der Waals surface area contributed by atoms with Crippen molar-refractivity contribution in [3.05, 3.63) is 59.9 Å². The summed E-state index contributed by atoms with van der Waals surface area (Å²) >= 11 is 0. The summed E-state index contributed by atoms with van der Waals surface area (Å²) in [4.78, 5) is 22.5. The number of hydrogen-bond donors (Lipinski definition) is 1. The second-order valence-electron chi connectivity index (χ2n) is 5.82. The minimum atomic E-state index is -5.03. The average Bonchev–Trinajstić information content (AvgIpc) is 3.13. The molecule has 3 rings (SSSR count). The zero-order valence-corrected chi connectivity index (χ0v) is 14.5. The molecular formula is C17H9F6N5O2. The van der Waals surface area contributed by atoms with E-state index in [9.17, 15) is 36.2 Å². The summed E-state index contributed by atoms with van der Waals surface area (Å²) in [7, 11) is 0. The van der Waals surface area contributed by atoms with Crippen LogP contribution < -0.4 is 0 Å². The third-order valence-electron chi connectivity index (χ3n) is 3.72. The summed E-state index contributed by atoms with van der Waals surface area (Å²) in [5, 5.41) is 13.1. The van der Waals surface area contributed by atoms with E-state index in [1.807, 2.05) is 0 Å². The number of halogens is 6. The van der Waals surface area contributed by atoms with E-state index >= 15 is 0 Å². The number of carboxylic acids is 1. The number of rotatable bonds is 4. The van der Waals surface area contributed by atoms with E-state index in [1.54, 1.807) is 0 Å². The lowest BCUT2D eigenvalue weighted by Gasteiger charge is -2.13. The molecule has 1 aromatic carbocycles. The van der Waals surface area contributed by atoms with Crippen LogP contribution in [0.4, 0.5) is 26.3 Å². The van der Waals surface area contributed by atoms with Crippen LogP contribution >= 0.6 is 0 Å². The second kappa shape index (κ2) is 7.57. The third-order valence-corrected chi connectivity index (χ3v) is 3.72. The van der Waals surface area contributed by atoms with E-state index < -0.39 is 40.8 Å². The fourth-order valence-corrected chi connectivity index (χ4v) is 2.38. The normalized spacial score (nSPS) is 12.8. The highest BCUT2D eigenvalue weighted by Gasteiger charge is 2.37. The monoisotopic (exact) mass is 429 g/mol. The van der Waals surface area contributed by atoms with Crippen LogP contribution in [-0.4, -0.2) is 35.8 Å². The Labute approximate surface area is 163 Å². The van der Waals surface area contributed by atoms with Crippen LogP contribution in [0.15, 0.2) is 43.2 Å². The molecule has 0 aliphatic heterocycles. The van der Waals surface area contributed by atoms with Gasteiger partial charge in [-0.3, -0.25) is 0 Å². The van der Waals surface area contributed by atoms with E-state index in [0.29, 0.717) is 12.1 Å². The second-order valence-corrected chi connectivity index (χ2v) is 5.82. The zero-order chi connectivity index (χ0) is 22.1. The van der Waals surface area contributed by atoms with E-state index in [0.717, 1.165) is 17.2 Å². The van der Waals surface area contributed by atoms with Crippen molar-refractivity contribution in [1.29, 1.82) is 0 Å². The number of alkyl halides is 6. The van der Waals surface area contributed by atoms with Gasteiger partial charge in [0.15, 0.2) is 5.82 Å². The highest BCUT2D eigenvalue weighted by atomic mass is 19.4. The minimum Gasteiger partial charge on any atom is -0.478 e. The molecule has 13 heteroatoms. The van der Waals surface area contributed by atoms with Crippen molar-refractivity contribution < 1.29 is 36.2 Å². The Morgan fingerprint density at radius 2 is 1.53 bits per heavy atom. The molecule has 0 unspecified atom stereocenters. The predicted octanol–water partition coefficient (Wildman–Crippen LogP) is 3.86. The summed E-state index contributed by atoms with van der Waals surface area (Å²) < 4.78 is 78.9. The molecule has 3 aromatic rings. The number of benzene rings is 1. The van der Waals surface area contributed by atoms with E-state index in [1.165, 1.54) is 18.7 Å². The van der Waals surface area contributed by atoms with Crippen molar-refractivity contribution in [3.8, 4) is 11.4 Å². The summed E-state index contributed by atoms with van der Waals surface area (Å²) in [6.07, 6.45) is -4.57. The van der Waals surface area contributed by atoms with Crippen LogP contribution in [0.5, 0.6) is 0 Å². The molecular weight excluding hydrogens is 420 g/mol. The number of carboxylic acid groups (broad SMARTS) is 1. The third kappa shape index (κ3) is 4.61. The van der Waals surface area contributed by atoms with Crippen molar-refractivity contribution in [2.45, 2.75) is 12.4 Å². The first-order chi connectivity index (χ1) is 13.9. The fraction of sp³-hybridized carbons (Fsp3) is 0.118. The van der Waals surface area contributed by atoms with Crippen molar-refractivity contribution in [2.24, 2.45) is 0 Å². The molecule has 0 saturated carbocycles. The number of hydrogen-bond acceptors (Lipinski definition) is 5. The Hall–Kier alpha value is -3.77. The predicted molar refractivity (Wildman–Crippen MR) is 89.3 cm³/mol. The topological polar surface area (TPSA) is 93.8 Å². The molecule has 0 radical (unpaired) electrons. The maximum Gasteiger partial charge on any atom is 0.416 e. The Morgan fingerprint density at radius 1 is 0.967 bits per heavy atom. The molecule has 0 aliphatic rings. The molecule has 156 valence electrons. The van der Waals surface area contributed by atoms with Crippen LogP contribution in [0.1, 0.15) is 16.7 Å². The van der Waals surface area contributed by atoms with Gasteiger partial charge in [0.2, 0.25) is 0 Å². The molecule has 1 N–H and O–H groups in total. The highest BCUT2D eigenvalue weighted by molar-refractivity contribution is 6.18. The van der Waals surface area contributed by atoms with Crippen LogP contribution in [0.3, 0.4) is 0 Å². The molecule has 0 atom stereocenters. The molecule has 0 bridgehead atoms. The van der Waals surface area contributed by atoms with Crippen LogP contribution in [0.25, 0.3) is 23.2 Å². The van der Waals surface area contributed by atoms with Gasteiger partial charge in [0.1, 0.15) is 12.7 Å². The van der Waals surface area contributed by atoms with Gasteiger partial charge in [-0.05, 0) is 18.2 Å². The van der Waals surface area contributed by atoms with Crippen molar-refractivity contribution in [3.63, 3.8) is 0 Å². The molecule has 0 fully saturated rings. The standard InChI is InChI=1S/C17H9F6N5O2/c18-16(19,20)11-1-9(2-12(3-11)17(21,22)23)14-26-8-28(27-14)6-13(15(29)30)10-4-24-7-25-5-10/h1-8H,(H,29,30)/b13-6-. The van der Waals surface area contributed by atoms with Crippen molar-refractivity contribution in [1.82, 2.24) is 24.7 Å². The molecule has 0 aliphatic carbocycles. The number of carbonyl (C=O) groups is 1. The van der Waals surface area contributed by atoms with Crippen molar-refractivity contribution >= 4 is 17.7 Å². The molecule has 2 aromatic heterocycles. The van der Waals surface area contributed by atoms with E-state index in [2.05, 4.69) is 20.1 Å². The van der Waals surface area contributed by atoms with Gasteiger partial charge in [-0.25, -0.2) is 24.4 Å². The Balaban J connectivity index is 2.06. The number of nitrogens with zero attached hydrogens (tertiary/aromatic N) is 5. The highest BCUT2D eigenvalue weighted by Crippen LogP contribution is 2.38. The fourth-order valence-electron chi connectivity index (χ4n) is 2.38. The van der Waals surface area contributed by atoms with Crippen LogP contribution in [0.2, 0.25) is 0 Å². The summed E-state index contributed by atoms with van der Waals surface area (Å²) in [5.74, 6) is -1.85. The first-order valence-corrected chi connectivity index (χ1v) is 7.86. The number of aromatic nitrogens is 5. The molecule has 0 saturated heterocycles. The van der Waals surface area contributed by atoms with Gasteiger partial charge in [-0.1, -0.05) is 0 Å². The van der Waals surface area contributed by atoms with E-state index in [4.69, 9.17) is 0 Å². The summed E-state index contributed by atoms with van der Waals surface area (Å²) in [6.45, 7) is 0. The van der Waals surface area contributed by atoms with Gasteiger partial charge in [0.05, 0.1) is 16.7 Å². The molecule has 0 amide bonds. The van der Waals surface area contributed by atoms with Crippen molar-refractivity contribution in [2.75, 3.05) is 0 Å². The van der Waals surface area contributed by atoms with Gasteiger partial charge in [-0.2, -0.15) is 26.3 Å². The Morgan fingerprint density at radius 3 is 2.03 bits per heavy atom. The first kappa shape index (κ1) is 21.0. The zero-order valence-electron chi connectivity index (χ0n) is 14.5. The van der Waals surface area contributed by atoms with Gasteiger partial charge < -0.3 is 5.11 Å². The van der Waals surface area contributed by atoms with Gasteiger partial charge in [0, 0.05) is 29.7 Å². The molecule has 2 heterocycles. The lowest BCUT2D eigenvalue weighted by Crippen LogP contribution is -2.11. The lowest BCUT2D eigenvalue weighted by molar-refractivity contribution is -0.143. The smallest absolute Gasteiger partial charge is 0.416 e. The Bertz CT molecular complexity index is 1070. The molecule has 7 nitrogen and oxygen atoms in total. The van der Waals surface area contributed by atoms with Crippen LogP contribution in [-0.2, 0) is 17.1 Å². The van der Waals surface area contributed by atoms with E-state index in [-0.39, 0.29) is 17.2 Å². The van der Waals surface area contributed by atoms with Gasteiger partial charge in [-0.15, -0.1) is 5.10 Å². The largest absolute Gasteiger partial charge is 0.478 e. The SMILES string of the molecule is O=C(O)/C(=C\n1cnc(-c2cc(C(F)(F)F)cc(C(F)(F)F)c2)n1)c1cncnc1. The first-order valence-electron chi connectivity index (χ1n) is 7.86. The summed E-state index contributed by atoms with van der Waals surface area (Å²) in [5.41, 5.74) is -3.81. The van der Waals surface area contributed by atoms with Gasteiger partial charge >= 0.3 is 18.3 Å². The number of aliphatic carboxylic acids is 1. The lowest BCUT2D eigenvalue weighted by atomic mass is 10.0. The Kier molecular flexibility index (Phi) is 5.29. The average molecular weight is 429 g/mol. The molecule has 0 spiro atoms. The molecule has 30 heavy (non-hydrogen) atoms. The van der Waals surface area contributed by atoms with Gasteiger partial charge in [0.25, 0.3) is 0 Å². The maximum atomic E-state index is 13.0.